The first-order valence-electron chi connectivity index (χ1n) is 16.8. The van der Waals surface area contributed by atoms with Crippen molar-refractivity contribution < 1.29 is 10.6 Å². The summed E-state index contributed by atoms with van der Waals surface area (Å²) in [5.41, 5.74) is 0. The fourth-order valence-electron chi connectivity index (χ4n) is 12.1. The van der Waals surface area contributed by atoms with Crippen molar-refractivity contribution in [2.24, 2.45) is 0 Å². The predicted molar refractivity (Wildman–Crippen MR) is 197 cm³/mol. The van der Waals surface area contributed by atoms with Crippen LogP contribution in [0.5, 0.6) is 0 Å². The molecule has 0 amide bonds. The average Bonchev–Trinajstić information content (AvgIpc) is 3.97. The van der Waals surface area contributed by atoms with Gasteiger partial charge < -0.3 is 0 Å². The van der Waals surface area contributed by atoms with Gasteiger partial charge in [-0.2, -0.15) is 0 Å². The Morgan fingerprint density at radius 3 is 0.435 bits per heavy atom. The molecular formula is C45H45Au. The zero-order valence-electron chi connectivity index (χ0n) is 26.8. The summed E-state index contributed by atoms with van der Waals surface area (Å²) in [4.78, 5) is 0. The average molecular weight is 783 g/mol. The first-order chi connectivity index (χ1) is 22.6. The van der Waals surface area contributed by atoms with E-state index in [1.54, 1.807) is 34.1 Å². The van der Waals surface area contributed by atoms with Gasteiger partial charge in [-0.1, -0.05) is 0 Å². The minimum absolute atomic E-state index is 0.896. The van der Waals surface area contributed by atoms with Crippen LogP contribution in [0.2, 0.25) is 0 Å². The third-order valence-corrected chi connectivity index (χ3v) is 70.6. The van der Waals surface area contributed by atoms with Crippen LogP contribution in [-0.2, 0) is 10.6 Å². The van der Waals surface area contributed by atoms with Crippen molar-refractivity contribution in [1.29, 1.82) is 0 Å². The summed E-state index contributed by atoms with van der Waals surface area (Å²) in [6.07, 6.45) is 76.2. The molecule has 0 aromatic heterocycles. The van der Waals surface area contributed by atoms with Gasteiger partial charge in [-0.25, -0.2) is 0 Å². The summed E-state index contributed by atoms with van der Waals surface area (Å²) >= 11 is 0. The van der Waals surface area contributed by atoms with Crippen LogP contribution in [0.15, 0.2) is 198 Å². The van der Waals surface area contributed by atoms with Gasteiger partial charge in [-0.3, -0.25) is 0 Å². The van der Waals surface area contributed by atoms with Crippen molar-refractivity contribution in [1.82, 2.24) is 0 Å². The van der Waals surface area contributed by atoms with E-state index >= 15 is 0 Å². The van der Waals surface area contributed by atoms with Crippen LogP contribution in [0.1, 0.15) is 57.8 Å². The van der Waals surface area contributed by atoms with Crippen LogP contribution >= 0.6 is 0 Å². The Morgan fingerprint density at radius 1 is 0.217 bits per heavy atom. The summed E-state index contributed by atoms with van der Waals surface area (Å²) in [5.74, 6) is 0. The van der Waals surface area contributed by atoms with Crippen molar-refractivity contribution >= 4 is 0 Å². The van der Waals surface area contributed by atoms with Gasteiger partial charge in [0, 0.05) is 0 Å². The zero-order chi connectivity index (χ0) is 31.0. The van der Waals surface area contributed by atoms with Crippen LogP contribution in [0.4, 0.5) is 0 Å². The Morgan fingerprint density at radius 2 is 0.348 bits per heavy atom. The molecule has 0 aromatic carbocycles. The van der Waals surface area contributed by atoms with E-state index in [0.717, 1.165) is 57.8 Å². The minimum atomic E-state index is -7.93. The summed E-state index contributed by atoms with van der Waals surface area (Å²) in [6.45, 7) is 0. The van der Waals surface area contributed by atoms with Gasteiger partial charge in [0.15, 0.2) is 0 Å². The molecule has 0 N–H and O–H groups in total. The van der Waals surface area contributed by atoms with Gasteiger partial charge >= 0.3 is 267 Å². The van der Waals surface area contributed by atoms with Gasteiger partial charge in [0.25, 0.3) is 0 Å². The molecule has 0 aliphatic heterocycles. The molecule has 0 radical (unpaired) electrons. The van der Waals surface area contributed by atoms with E-state index in [1.165, 1.54) is 0 Å². The summed E-state index contributed by atoms with van der Waals surface area (Å²) in [5, 5.41) is 0. The molecule has 0 saturated carbocycles. The van der Waals surface area contributed by atoms with E-state index < -0.39 is 10.6 Å². The molecule has 0 bridgehead atoms. The molecule has 0 nitrogen and oxygen atoms in total. The first-order valence-corrected chi connectivity index (χ1v) is 26.6. The third-order valence-electron chi connectivity index (χ3n) is 13.2. The SMILES string of the molecule is C1=CC[C]([Au]([C]2=CC=CC2)([C]2=CC=CC2)([C]2=CC=CC2)([C]2=CC=CC2)([C]2=CC=CC2)([C]2=CC=CC2)([C]2=CC=CC2)[C]2=CC=CC2)=C1. The molecule has 0 heterocycles. The second kappa shape index (κ2) is 7.29. The molecule has 9 aliphatic rings. The van der Waals surface area contributed by atoms with Gasteiger partial charge in [-0.15, -0.1) is 0 Å². The second-order valence-electron chi connectivity index (χ2n) is 13.5. The van der Waals surface area contributed by atoms with E-state index in [-0.39, 0.29) is 0 Å². The molecule has 0 fully saturated rings. The first kappa shape index (κ1) is 28.3. The van der Waals surface area contributed by atoms with Crippen LogP contribution in [0, 0.1) is 0 Å². The molecule has 0 spiro atoms. The fourth-order valence-corrected chi connectivity index (χ4v) is 77.4. The molecular weight excluding hydrogens is 737 g/mol. The monoisotopic (exact) mass is 782 g/mol. The quantitative estimate of drug-likeness (QED) is 0.204. The van der Waals surface area contributed by atoms with Crippen LogP contribution in [0.3, 0.4) is 0 Å². The molecule has 9 aliphatic carbocycles. The molecule has 0 aromatic rings. The Bertz CT molecular complexity index is 1710. The number of rotatable bonds is 9. The molecule has 236 valence electrons. The Balaban J connectivity index is 1.95. The molecule has 0 atom stereocenters. The molecule has 0 saturated heterocycles. The Hall–Kier alpha value is -3.94. The summed E-state index contributed by atoms with van der Waals surface area (Å²) in [7, 11) is -7.93. The second-order valence-corrected chi connectivity index (χ2v) is 45.5. The van der Waals surface area contributed by atoms with Crippen molar-refractivity contribution in [2.45, 2.75) is 57.8 Å². The molecule has 46 heavy (non-hydrogen) atoms. The van der Waals surface area contributed by atoms with Gasteiger partial charge in [-0.05, 0) is 0 Å². The Kier molecular flexibility index (Phi) is 4.49. The zero-order valence-corrected chi connectivity index (χ0v) is 28.9. The van der Waals surface area contributed by atoms with Crippen molar-refractivity contribution in [3.8, 4) is 0 Å². The maximum atomic E-state index is 2.66. The molecule has 0 unspecified atom stereocenters. The van der Waals surface area contributed by atoms with Crippen molar-refractivity contribution in [3.63, 3.8) is 0 Å². The maximum absolute atomic E-state index is 7.93. The fraction of sp³-hybridized carbons (Fsp3) is 0.200. The van der Waals surface area contributed by atoms with Gasteiger partial charge in [0.1, 0.15) is 0 Å². The normalized spacial score (nSPS) is 28.2. The van der Waals surface area contributed by atoms with Crippen LogP contribution < -0.4 is 0 Å². The Labute approximate surface area is 265 Å². The molecule has 9 rings (SSSR count). The third kappa shape index (κ3) is 1.48. The van der Waals surface area contributed by atoms with E-state index in [9.17, 15) is 0 Å². The summed E-state index contributed by atoms with van der Waals surface area (Å²) in [6, 6.07) is 0. The van der Waals surface area contributed by atoms with E-state index in [1.807, 2.05) is 0 Å². The molecule has 1 heteroatoms. The van der Waals surface area contributed by atoms with E-state index in [0.29, 0.717) is 0 Å². The van der Waals surface area contributed by atoms with Crippen LogP contribution in [0.25, 0.3) is 0 Å². The van der Waals surface area contributed by atoms with E-state index in [2.05, 4.69) is 164 Å². The number of allylic oxidation sites excluding steroid dienone is 36. The van der Waals surface area contributed by atoms with Crippen molar-refractivity contribution in [2.75, 3.05) is 0 Å². The topological polar surface area (TPSA) is 0 Å². The van der Waals surface area contributed by atoms with Crippen LogP contribution in [-0.4, -0.2) is 0 Å². The van der Waals surface area contributed by atoms with Crippen molar-refractivity contribution in [3.05, 3.63) is 198 Å². The predicted octanol–water partition coefficient (Wildman–Crippen LogP) is 12.4. The van der Waals surface area contributed by atoms with Gasteiger partial charge in [0.2, 0.25) is 0 Å². The van der Waals surface area contributed by atoms with E-state index in [4.69, 9.17) is 0 Å². The summed E-state index contributed by atoms with van der Waals surface area (Å²) < 4.78 is 14.5. The van der Waals surface area contributed by atoms with Gasteiger partial charge in [0.05, 0.1) is 0 Å². The number of hydrogen-bond donors (Lipinski definition) is 0. The number of hydrogen-bond acceptors (Lipinski definition) is 0. The standard InChI is InChI=1S/9C5H5.Au/c9*1-2-4-5-3-1;/h9*1-3H,4H2;.